The lowest BCUT2D eigenvalue weighted by Crippen LogP contribution is -2.53. The molecule has 46 heavy (non-hydrogen) atoms. The van der Waals surface area contributed by atoms with Crippen molar-refractivity contribution in [3.05, 3.63) is 89.4 Å². The average molecular weight is 666 g/mol. The van der Waals surface area contributed by atoms with Crippen LogP contribution in [0.15, 0.2) is 83.2 Å². The predicted molar refractivity (Wildman–Crippen MR) is 174 cm³/mol. The maximum atomic E-state index is 13.9. The number of carbonyl (C=O) groups is 3. The fourth-order valence-corrected chi connectivity index (χ4v) is 7.66. The van der Waals surface area contributed by atoms with Gasteiger partial charge in [-0.2, -0.15) is 4.31 Å². The van der Waals surface area contributed by atoms with E-state index in [1.807, 2.05) is 44.2 Å². The number of hydrogen-bond acceptors (Lipinski definition) is 9. The summed E-state index contributed by atoms with van der Waals surface area (Å²) < 4.78 is 35.1. The number of aliphatic hydroxyl groups excluding tert-OH is 1. The Hall–Kier alpha value is -4.37. The molecule has 2 unspecified atom stereocenters. The first kappa shape index (κ1) is 33.0. The predicted octanol–water partition coefficient (Wildman–Crippen LogP) is 3.16. The number of thiazole rings is 1. The molecule has 4 N–H and O–H groups in total. The van der Waals surface area contributed by atoms with Gasteiger partial charge in [-0.15, -0.1) is 11.3 Å². The van der Waals surface area contributed by atoms with Crippen LogP contribution >= 0.6 is 11.3 Å². The number of anilines is 1. The van der Waals surface area contributed by atoms with Crippen LogP contribution in [0.2, 0.25) is 0 Å². The number of rotatable bonds is 13. The molecule has 3 atom stereocenters. The SMILES string of the molecule is CC(C)CN(C[C@@H](O)C(Cc1ccccc1)NC(=O)C1CN(c2cccc(C(N)=O)c2)C(=O)O1)S(=O)(=O)c1ccc2ncsc2c1. The summed E-state index contributed by atoms with van der Waals surface area (Å²) in [7, 11) is -4.04. The van der Waals surface area contributed by atoms with Crippen LogP contribution in [-0.2, 0) is 26.0 Å². The zero-order chi connectivity index (χ0) is 33.0. The number of carbonyl (C=O) groups excluding carboxylic acids is 3. The Morgan fingerprint density at radius 2 is 1.87 bits per heavy atom. The number of primary amides is 1. The fraction of sp³-hybridized carbons (Fsp3) is 0.312. The summed E-state index contributed by atoms with van der Waals surface area (Å²) in [5, 5.41) is 14.4. The van der Waals surface area contributed by atoms with Crippen molar-refractivity contribution in [2.45, 2.75) is 43.4 Å². The van der Waals surface area contributed by atoms with Crippen molar-refractivity contribution in [2.75, 3.05) is 24.5 Å². The smallest absolute Gasteiger partial charge is 0.415 e. The molecule has 3 amide bonds. The number of nitrogens with zero attached hydrogens (tertiary/aromatic N) is 3. The van der Waals surface area contributed by atoms with Gasteiger partial charge in [0.1, 0.15) is 0 Å². The molecular formula is C32H35N5O7S2. The number of ether oxygens (including phenoxy) is 1. The van der Waals surface area contributed by atoms with Crippen LogP contribution in [0.5, 0.6) is 0 Å². The molecule has 0 bridgehead atoms. The van der Waals surface area contributed by atoms with Crippen LogP contribution in [0.4, 0.5) is 10.5 Å². The minimum absolute atomic E-state index is 0.0618. The molecule has 5 rings (SSSR count). The minimum Gasteiger partial charge on any atom is -0.434 e. The molecule has 0 aliphatic carbocycles. The van der Waals surface area contributed by atoms with Gasteiger partial charge < -0.3 is 20.9 Å². The van der Waals surface area contributed by atoms with Crippen LogP contribution in [0.25, 0.3) is 10.2 Å². The molecule has 0 radical (unpaired) electrons. The fourth-order valence-electron chi connectivity index (χ4n) is 5.22. The summed E-state index contributed by atoms with van der Waals surface area (Å²) in [5.41, 5.74) is 9.04. The lowest BCUT2D eigenvalue weighted by atomic mass is 10.0. The second kappa shape index (κ2) is 14.0. The summed E-state index contributed by atoms with van der Waals surface area (Å²) in [4.78, 5) is 43.4. The molecular weight excluding hydrogens is 631 g/mol. The topological polar surface area (TPSA) is 172 Å². The molecule has 1 aliphatic rings. The van der Waals surface area contributed by atoms with Crippen molar-refractivity contribution >= 4 is 55.2 Å². The van der Waals surface area contributed by atoms with Gasteiger partial charge >= 0.3 is 6.09 Å². The summed E-state index contributed by atoms with van der Waals surface area (Å²) in [6, 6.07) is 19.0. The Kier molecular flexibility index (Phi) is 10.0. The molecule has 12 nitrogen and oxygen atoms in total. The van der Waals surface area contributed by atoms with Crippen LogP contribution < -0.4 is 16.0 Å². The summed E-state index contributed by atoms with van der Waals surface area (Å²) >= 11 is 1.33. The van der Waals surface area contributed by atoms with E-state index in [4.69, 9.17) is 10.5 Å². The largest absolute Gasteiger partial charge is 0.434 e. The van der Waals surface area contributed by atoms with Crippen molar-refractivity contribution in [1.29, 1.82) is 0 Å². The number of cyclic esters (lactones) is 1. The van der Waals surface area contributed by atoms with Crippen molar-refractivity contribution in [2.24, 2.45) is 11.7 Å². The van der Waals surface area contributed by atoms with Crippen molar-refractivity contribution < 1.29 is 32.6 Å². The lowest BCUT2D eigenvalue weighted by Gasteiger charge is -2.31. The molecule has 1 saturated heterocycles. The second-order valence-electron chi connectivity index (χ2n) is 11.5. The van der Waals surface area contributed by atoms with E-state index in [0.717, 1.165) is 10.3 Å². The van der Waals surface area contributed by atoms with Crippen LogP contribution in [0.1, 0.15) is 29.8 Å². The number of amides is 3. The number of nitrogens with two attached hydrogens (primary N) is 1. The third kappa shape index (κ3) is 7.53. The second-order valence-corrected chi connectivity index (χ2v) is 14.3. The van der Waals surface area contributed by atoms with Gasteiger partial charge in [0.15, 0.2) is 6.10 Å². The van der Waals surface area contributed by atoms with Gasteiger partial charge in [-0.3, -0.25) is 14.5 Å². The average Bonchev–Trinajstić information content (AvgIpc) is 3.67. The lowest BCUT2D eigenvalue weighted by molar-refractivity contribution is -0.129. The third-order valence-electron chi connectivity index (χ3n) is 7.54. The number of fused-ring (bicyclic) bond motifs is 1. The van der Waals surface area contributed by atoms with E-state index >= 15 is 0 Å². The Balaban J connectivity index is 1.36. The van der Waals surface area contributed by atoms with Gasteiger partial charge in [0, 0.05) is 24.3 Å². The van der Waals surface area contributed by atoms with Gasteiger partial charge in [-0.25, -0.2) is 18.2 Å². The number of aromatic nitrogens is 1. The van der Waals surface area contributed by atoms with E-state index in [2.05, 4.69) is 10.3 Å². The summed E-state index contributed by atoms with van der Waals surface area (Å²) in [6.45, 7) is 3.45. The number of aliphatic hydroxyl groups is 1. The number of hydrogen-bond donors (Lipinski definition) is 3. The standard InChI is InChI=1S/C32H35N5O7S2/c1-20(2)16-36(46(42,43)24-11-12-25-29(15-24)45-19-34-25)17-27(38)26(13-21-7-4-3-5-8-21)35-31(40)28-18-37(32(41)44-28)23-10-6-9-22(14-23)30(33)39/h3-12,14-15,19-20,26-28,38H,13,16-18H2,1-2H3,(H2,33,39)(H,35,40)/t26?,27-,28?/m1/s1. The van der Waals surface area contributed by atoms with Crippen molar-refractivity contribution in [3.63, 3.8) is 0 Å². The van der Waals surface area contributed by atoms with Gasteiger partial charge in [0.25, 0.3) is 5.91 Å². The van der Waals surface area contributed by atoms with Gasteiger partial charge in [0.05, 0.1) is 39.3 Å². The Bertz CT molecular complexity index is 1830. The molecule has 3 aromatic carbocycles. The molecule has 14 heteroatoms. The van der Waals surface area contributed by atoms with Crippen LogP contribution in [0, 0.1) is 5.92 Å². The maximum Gasteiger partial charge on any atom is 0.415 e. The normalized spacial score (nSPS) is 16.5. The highest BCUT2D eigenvalue weighted by Gasteiger charge is 2.39. The maximum absolute atomic E-state index is 13.9. The third-order valence-corrected chi connectivity index (χ3v) is 10.2. The first-order valence-electron chi connectivity index (χ1n) is 14.7. The van der Waals surface area contributed by atoms with Gasteiger partial charge in [0.2, 0.25) is 15.9 Å². The minimum atomic E-state index is -4.04. The van der Waals surface area contributed by atoms with Gasteiger partial charge in [-0.05, 0) is 54.3 Å². The van der Waals surface area contributed by atoms with E-state index in [-0.39, 0.29) is 42.4 Å². The molecule has 1 aliphatic heterocycles. The molecule has 0 saturated carbocycles. The number of benzene rings is 3. The van der Waals surface area contributed by atoms with Crippen molar-refractivity contribution in [3.8, 4) is 0 Å². The van der Waals surface area contributed by atoms with E-state index in [1.54, 1.807) is 29.8 Å². The van der Waals surface area contributed by atoms with Gasteiger partial charge in [-0.1, -0.05) is 50.2 Å². The first-order valence-corrected chi connectivity index (χ1v) is 17.0. The number of nitrogens with one attached hydrogen (secondary N) is 1. The zero-order valence-electron chi connectivity index (χ0n) is 25.3. The van der Waals surface area contributed by atoms with E-state index < -0.39 is 46.2 Å². The van der Waals surface area contributed by atoms with E-state index in [0.29, 0.717) is 11.2 Å². The highest BCUT2D eigenvalue weighted by Crippen LogP contribution is 2.26. The monoisotopic (exact) mass is 665 g/mol. The Morgan fingerprint density at radius 1 is 1.11 bits per heavy atom. The zero-order valence-corrected chi connectivity index (χ0v) is 26.9. The summed E-state index contributed by atoms with van der Waals surface area (Å²) in [6.07, 6.45) is -3.16. The highest BCUT2D eigenvalue weighted by atomic mass is 32.2. The molecule has 0 spiro atoms. The van der Waals surface area contributed by atoms with Crippen LogP contribution in [-0.4, -0.2) is 78.6 Å². The van der Waals surface area contributed by atoms with E-state index in [9.17, 15) is 27.9 Å². The molecule has 4 aromatic rings. The Labute approximate surface area is 270 Å². The first-order chi connectivity index (χ1) is 21.9. The van der Waals surface area contributed by atoms with E-state index in [1.165, 1.54) is 38.7 Å². The molecule has 1 fully saturated rings. The van der Waals surface area contributed by atoms with Crippen molar-refractivity contribution in [1.82, 2.24) is 14.6 Å². The molecule has 1 aromatic heterocycles. The number of sulfonamides is 1. The Morgan fingerprint density at radius 3 is 2.59 bits per heavy atom. The highest BCUT2D eigenvalue weighted by molar-refractivity contribution is 7.89. The quantitative estimate of drug-likeness (QED) is 0.195. The van der Waals surface area contributed by atoms with Crippen LogP contribution in [0.3, 0.4) is 0 Å². The summed E-state index contributed by atoms with van der Waals surface area (Å²) in [5.74, 6) is -1.39. The molecule has 242 valence electrons. The molecule has 2 heterocycles.